The van der Waals surface area contributed by atoms with Crippen molar-refractivity contribution in [3.8, 4) is 0 Å². The Morgan fingerprint density at radius 3 is 2.82 bits per heavy atom. The standard InChI is InChI=1S/C22H24FN3O2/c23-19-8-3-5-16(13-19)10-11-21(27)25-20-9-2-1-6-17(20)14-26-12-4-7-18(15-26)22(24)28/h1-3,5-6,8-11,13,18H,4,7,12,14-15H2,(H2,24,28)(H,25,27). The van der Waals surface area contributed by atoms with Gasteiger partial charge in [-0.05, 0) is 54.8 Å². The smallest absolute Gasteiger partial charge is 0.248 e. The molecule has 1 heterocycles. The average molecular weight is 381 g/mol. The molecular formula is C22H24FN3O2. The molecule has 3 rings (SSSR count). The number of anilines is 1. The lowest BCUT2D eigenvalue weighted by Gasteiger charge is -2.31. The van der Waals surface area contributed by atoms with E-state index >= 15 is 0 Å². The van der Waals surface area contributed by atoms with Crippen LogP contribution in [0.25, 0.3) is 6.08 Å². The molecule has 1 aliphatic rings. The zero-order chi connectivity index (χ0) is 19.9. The zero-order valence-corrected chi connectivity index (χ0v) is 15.6. The van der Waals surface area contributed by atoms with Gasteiger partial charge in [0.1, 0.15) is 5.82 Å². The van der Waals surface area contributed by atoms with E-state index in [4.69, 9.17) is 5.73 Å². The van der Waals surface area contributed by atoms with E-state index in [2.05, 4.69) is 10.2 Å². The lowest BCUT2D eigenvalue weighted by atomic mass is 9.97. The van der Waals surface area contributed by atoms with Gasteiger partial charge in [0.05, 0.1) is 5.92 Å². The number of likely N-dealkylation sites (tertiary alicyclic amines) is 1. The highest BCUT2D eigenvalue weighted by molar-refractivity contribution is 6.02. The predicted octanol–water partition coefficient (Wildman–Crippen LogP) is 3.17. The lowest BCUT2D eigenvalue weighted by molar-refractivity contribution is -0.123. The number of benzene rings is 2. The van der Waals surface area contributed by atoms with E-state index in [1.807, 2.05) is 24.3 Å². The van der Waals surface area contributed by atoms with E-state index < -0.39 is 0 Å². The van der Waals surface area contributed by atoms with Gasteiger partial charge < -0.3 is 11.1 Å². The number of carbonyl (C=O) groups excluding carboxylic acids is 2. The highest BCUT2D eigenvalue weighted by Crippen LogP contribution is 2.22. The fourth-order valence-corrected chi connectivity index (χ4v) is 3.41. The summed E-state index contributed by atoms with van der Waals surface area (Å²) in [7, 11) is 0. The summed E-state index contributed by atoms with van der Waals surface area (Å²) in [5, 5.41) is 2.88. The monoisotopic (exact) mass is 381 g/mol. The maximum Gasteiger partial charge on any atom is 0.248 e. The molecule has 1 aliphatic heterocycles. The summed E-state index contributed by atoms with van der Waals surface area (Å²) in [5.41, 5.74) is 7.77. The molecule has 1 unspecified atom stereocenters. The number of amides is 2. The molecule has 2 aromatic carbocycles. The Morgan fingerprint density at radius 1 is 1.21 bits per heavy atom. The third-order valence-corrected chi connectivity index (χ3v) is 4.85. The number of nitrogens with zero attached hydrogens (tertiary/aromatic N) is 1. The van der Waals surface area contributed by atoms with Gasteiger partial charge >= 0.3 is 0 Å². The van der Waals surface area contributed by atoms with Crippen LogP contribution in [0.1, 0.15) is 24.0 Å². The number of carbonyl (C=O) groups is 2. The van der Waals surface area contributed by atoms with Crippen LogP contribution in [0, 0.1) is 11.7 Å². The molecule has 0 bridgehead atoms. The summed E-state index contributed by atoms with van der Waals surface area (Å²) in [6.07, 6.45) is 4.71. The highest BCUT2D eigenvalue weighted by atomic mass is 19.1. The summed E-state index contributed by atoms with van der Waals surface area (Å²) < 4.78 is 13.2. The van der Waals surface area contributed by atoms with Crippen molar-refractivity contribution in [1.82, 2.24) is 4.90 Å². The van der Waals surface area contributed by atoms with Crippen molar-refractivity contribution in [3.05, 3.63) is 71.6 Å². The van der Waals surface area contributed by atoms with Gasteiger partial charge in [-0.2, -0.15) is 0 Å². The number of piperidine rings is 1. The van der Waals surface area contributed by atoms with Crippen LogP contribution in [0.15, 0.2) is 54.6 Å². The Balaban J connectivity index is 1.65. The second-order valence-corrected chi connectivity index (χ2v) is 7.01. The molecule has 1 atom stereocenters. The quantitative estimate of drug-likeness (QED) is 0.755. The molecule has 146 valence electrons. The zero-order valence-electron chi connectivity index (χ0n) is 15.6. The molecule has 28 heavy (non-hydrogen) atoms. The van der Waals surface area contributed by atoms with Crippen molar-refractivity contribution in [2.75, 3.05) is 18.4 Å². The van der Waals surface area contributed by atoms with Crippen molar-refractivity contribution in [3.63, 3.8) is 0 Å². The third kappa shape index (κ3) is 5.50. The van der Waals surface area contributed by atoms with Crippen LogP contribution in [0.2, 0.25) is 0 Å². The number of nitrogens with one attached hydrogen (secondary N) is 1. The highest BCUT2D eigenvalue weighted by Gasteiger charge is 2.24. The lowest BCUT2D eigenvalue weighted by Crippen LogP contribution is -2.40. The summed E-state index contributed by atoms with van der Waals surface area (Å²) in [5.74, 6) is -1.01. The first-order valence-electron chi connectivity index (χ1n) is 9.35. The molecule has 3 N–H and O–H groups in total. The van der Waals surface area contributed by atoms with Crippen molar-refractivity contribution in [2.24, 2.45) is 11.7 Å². The summed E-state index contributed by atoms with van der Waals surface area (Å²) in [6.45, 7) is 2.16. The largest absolute Gasteiger partial charge is 0.369 e. The molecule has 6 heteroatoms. The minimum absolute atomic E-state index is 0.121. The van der Waals surface area contributed by atoms with Crippen LogP contribution in [0.3, 0.4) is 0 Å². The molecule has 0 radical (unpaired) electrons. The Morgan fingerprint density at radius 2 is 2.04 bits per heavy atom. The van der Waals surface area contributed by atoms with Crippen LogP contribution >= 0.6 is 0 Å². The molecule has 1 saturated heterocycles. The maximum atomic E-state index is 13.2. The molecule has 0 aliphatic carbocycles. The Hall–Kier alpha value is -2.99. The molecule has 0 spiro atoms. The topological polar surface area (TPSA) is 75.4 Å². The van der Waals surface area contributed by atoms with E-state index in [1.165, 1.54) is 18.2 Å². The molecular weight excluding hydrogens is 357 g/mol. The Bertz CT molecular complexity index is 882. The fourth-order valence-electron chi connectivity index (χ4n) is 3.41. The SMILES string of the molecule is NC(=O)C1CCCN(Cc2ccccc2NC(=O)C=Cc2cccc(F)c2)C1. The molecule has 2 amide bonds. The first kappa shape index (κ1) is 19.8. The first-order chi connectivity index (χ1) is 13.5. The van der Waals surface area contributed by atoms with E-state index in [-0.39, 0.29) is 23.5 Å². The van der Waals surface area contributed by atoms with Crippen LogP contribution in [-0.2, 0) is 16.1 Å². The maximum absolute atomic E-state index is 13.2. The Labute approximate surface area is 164 Å². The van der Waals surface area contributed by atoms with Gasteiger partial charge in [-0.3, -0.25) is 14.5 Å². The van der Waals surface area contributed by atoms with Crippen molar-refractivity contribution in [1.29, 1.82) is 0 Å². The number of primary amides is 1. The number of rotatable bonds is 6. The average Bonchev–Trinajstić information content (AvgIpc) is 2.68. The number of halogens is 1. The second-order valence-electron chi connectivity index (χ2n) is 7.01. The molecule has 5 nitrogen and oxygen atoms in total. The van der Waals surface area contributed by atoms with E-state index in [0.29, 0.717) is 18.7 Å². The number of nitrogens with two attached hydrogens (primary N) is 1. The third-order valence-electron chi connectivity index (χ3n) is 4.85. The minimum atomic E-state index is -0.344. The molecule has 2 aromatic rings. The van der Waals surface area contributed by atoms with Gasteiger partial charge in [0.2, 0.25) is 11.8 Å². The first-order valence-corrected chi connectivity index (χ1v) is 9.35. The summed E-state index contributed by atoms with van der Waals surface area (Å²) in [4.78, 5) is 26.0. The van der Waals surface area contributed by atoms with E-state index in [9.17, 15) is 14.0 Å². The van der Waals surface area contributed by atoms with Gasteiger partial charge in [-0.1, -0.05) is 30.3 Å². The minimum Gasteiger partial charge on any atom is -0.369 e. The second kappa shape index (κ2) is 9.28. The number of para-hydroxylation sites is 1. The molecule has 0 saturated carbocycles. The van der Waals surface area contributed by atoms with Gasteiger partial charge in [0.15, 0.2) is 0 Å². The molecule has 0 aromatic heterocycles. The Kier molecular flexibility index (Phi) is 6.55. The van der Waals surface area contributed by atoms with Crippen LogP contribution in [0.4, 0.5) is 10.1 Å². The van der Waals surface area contributed by atoms with E-state index in [1.54, 1.807) is 18.2 Å². The number of hydrogen-bond donors (Lipinski definition) is 2. The van der Waals surface area contributed by atoms with Crippen molar-refractivity contribution in [2.45, 2.75) is 19.4 Å². The normalized spacial score (nSPS) is 17.5. The van der Waals surface area contributed by atoms with Gasteiger partial charge in [-0.15, -0.1) is 0 Å². The van der Waals surface area contributed by atoms with Gasteiger partial charge in [0.25, 0.3) is 0 Å². The summed E-state index contributed by atoms with van der Waals surface area (Å²) >= 11 is 0. The molecule has 1 fully saturated rings. The fraction of sp³-hybridized carbons (Fsp3) is 0.273. The predicted molar refractivity (Wildman–Crippen MR) is 108 cm³/mol. The number of hydrogen-bond acceptors (Lipinski definition) is 3. The van der Waals surface area contributed by atoms with Crippen molar-refractivity contribution < 1.29 is 14.0 Å². The van der Waals surface area contributed by atoms with Gasteiger partial charge in [0, 0.05) is 24.9 Å². The summed E-state index contributed by atoms with van der Waals surface area (Å²) in [6, 6.07) is 13.6. The van der Waals surface area contributed by atoms with Crippen LogP contribution < -0.4 is 11.1 Å². The van der Waals surface area contributed by atoms with Crippen LogP contribution in [-0.4, -0.2) is 29.8 Å². The van der Waals surface area contributed by atoms with Crippen molar-refractivity contribution >= 4 is 23.6 Å². The van der Waals surface area contributed by atoms with Gasteiger partial charge in [-0.25, -0.2) is 4.39 Å². The van der Waals surface area contributed by atoms with E-state index in [0.717, 1.165) is 30.6 Å². The van der Waals surface area contributed by atoms with Crippen LogP contribution in [0.5, 0.6) is 0 Å².